The molecule has 0 atom stereocenters. The Bertz CT molecular complexity index is 2480. The normalized spacial score (nSPS) is 10.4. The topological polar surface area (TPSA) is 136 Å². The zero-order chi connectivity index (χ0) is 39.5. The largest absolute Gasteiger partial charge is 0.384 e. The number of aromatic nitrogens is 4. The van der Waals surface area contributed by atoms with Crippen LogP contribution in [-0.4, -0.2) is 31.8 Å². The van der Waals surface area contributed by atoms with Crippen molar-refractivity contribution in [2.24, 2.45) is 0 Å². The number of fused-ring (bicyclic) bond motifs is 4. The number of halogens is 2. The van der Waals surface area contributed by atoms with Gasteiger partial charge in [-0.2, -0.15) is 0 Å². The number of carbonyl (C=O) groups excluding carboxylic acids is 2. The number of nitrogens with two attached hydrogens (primary N) is 1. The Labute approximate surface area is 333 Å². The van der Waals surface area contributed by atoms with Gasteiger partial charge in [0, 0.05) is 40.7 Å². The van der Waals surface area contributed by atoms with Crippen molar-refractivity contribution in [2.45, 2.75) is 39.9 Å². The van der Waals surface area contributed by atoms with Crippen molar-refractivity contribution in [1.82, 2.24) is 19.9 Å². The number of aryl methyl sites for hydroxylation is 3. The minimum absolute atomic E-state index is 0.102. The highest BCUT2D eigenvalue weighted by molar-refractivity contribution is 9.08. The van der Waals surface area contributed by atoms with Crippen LogP contribution in [0.4, 0.5) is 17.5 Å². The Morgan fingerprint density at radius 2 is 0.927 bits per heavy atom. The van der Waals surface area contributed by atoms with E-state index >= 15 is 0 Å². The fraction of sp³-hybridized carbons (Fsp3) is 0.136. The molecule has 0 radical (unpaired) electrons. The smallest absolute Gasteiger partial charge is 0.222 e. The molecule has 4 N–H and O–H groups in total. The third-order valence-electron chi connectivity index (χ3n) is 8.05. The van der Waals surface area contributed by atoms with E-state index in [1.165, 1.54) is 30.5 Å². The summed E-state index contributed by atoms with van der Waals surface area (Å²) < 4.78 is 0. The van der Waals surface area contributed by atoms with E-state index in [-0.39, 0.29) is 11.8 Å². The fourth-order valence-electron chi connectivity index (χ4n) is 5.42. The number of alkyl halides is 1. The lowest BCUT2D eigenvalue weighted by molar-refractivity contribution is -0.115. The van der Waals surface area contributed by atoms with Crippen LogP contribution in [0.1, 0.15) is 36.1 Å². The zero-order valence-corrected chi connectivity index (χ0v) is 33.5. The van der Waals surface area contributed by atoms with Gasteiger partial charge in [0.15, 0.2) is 0 Å². The number of nitrogen functional groups attached to an aromatic ring is 1. The molecule has 0 saturated carbocycles. The molecule has 0 bridgehead atoms. The summed E-state index contributed by atoms with van der Waals surface area (Å²) in [6, 6.07) is 39.5. The quantitative estimate of drug-likeness (QED) is 0.119. The summed E-state index contributed by atoms with van der Waals surface area (Å²) in [6.45, 7) is 9.06. The third kappa shape index (κ3) is 12.0. The van der Waals surface area contributed by atoms with Gasteiger partial charge < -0.3 is 16.4 Å². The predicted molar refractivity (Wildman–Crippen MR) is 232 cm³/mol. The molecule has 55 heavy (non-hydrogen) atoms. The average molecular weight is 815 g/mol. The summed E-state index contributed by atoms with van der Waals surface area (Å²) in [6.07, 6.45) is 0. The van der Waals surface area contributed by atoms with Gasteiger partial charge in [0.2, 0.25) is 11.8 Å². The van der Waals surface area contributed by atoms with Gasteiger partial charge >= 0.3 is 0 Å². The number of rotatable bonds is 3. The predicted octanol–water partition coefficient (Wildman–Crippen LogP) is 10.9. The van der Waals surface area contributed by atoms with E-state index in [1.54, 1.807) is 18.2 Å². The van der Waals surface area contributed by atoms with Crippen LogP contribution in [0.15, 0.2) is 121 Å². The van der Waals surface area contributed by atoms with Gasteiger partial charge in [-0.25, -0.2) is 19.9 Å². The van der Waals surface area contributed by atoms with Crippen molar-refractivity contribution in [3.63, 3.8) is 0 Å². The summed E-state index contributed by atoms with van der Waals surface area (Å²) >= 11 is 9.16. The molecule has 0 aliphatic rings. The second-order valence-electron chi connectivity index (χ2n) is 12.9. The molecule has 8 rings (SSSR count). The van der Waals surface area contributed by atoms with Crippen molar-refractivity contribution in [1.29, 1.82) is 0 Å². The van der Waals surface area contributed by atoms with E-state index in [0.29, 0.717) is 22.6 Å². The number of carbonyl (C=O) groups is 2. The highest BCUT2D eigenvalue weighted by atomic mass is 79.9. The molecular weight excluding hydrogens is 774 g/mol. The first-order valence-corrected chi connectivity index (χ1v) is 18.9. The van der Waals surface area contributed by atoms with Crippen LogP contribution >= 0.6 is 27.5 Å². The van der Waals surface area contributed by atoms with Gasteiger partial charge in [0.25, 0.3) is 0 Å². The average Bonchev–Trinajstić information content (AvgIpc) is 3.14. The molecule has 0 fully saturated rings. The lowest BCUT2D eigenvalue weighted by atomic mass is 10.1. The van der Waals surface area contributed by atoms with Crippen molar-refractivity contribution >= 4 is 100 Å². The Kier molecular flexibility index (Phi) is 13.8. The maximum absolute atomic E-state index is 10.9. The van der Waals surface area contributed by atoms with Gasteiger partial charge in [0.05, 0.1) is 22.1 Å². The first-order chi connectivity index (χ1) is 26.3. The SMILES string of the molecule is CC(=O)Nc1ccc2ccc(C)cc2n1.CC(=O)Nc1ccc2ccc(CBr)cc2n1.Cc1ccc2ccc(Cl)nc2c1.Cc1ccc2ccc(N)nc2c1. The molecule has 9 nitrogen and oxygen atoms in total. The summed E-state index contributed by atoms with van der Waals surface area (Å²) in [5, 5.41) is 11.1. The van der Waals surface area contributed by atoms with Crippen LogP contribution in [0.5, 0.6) is 0 Å². The summed E-state index contributed by atoms with van der Waals surface area (Å²) in [7, 11) is 0. The number of anilines is 3. The van der Waals surface area contributed by atoms with Crippen LogP contribution in [0.3, 0.4) is 0 Å². The Morgan fingerprint density at radius 3 is 1.40 bits per heavy atom. The van der Waals surface area contributed by atoms with Gasteiger partial charge in [-0.15, -0.1) is 0 Å². The maximum Gasteiger partial charge on any atom is 0.222 e. The van der Waals surface area contributed by atoms with Crippen LogP contribution in [-0.2, 0) is 14.9 Å². The number of nitrogens with one attached hydrogen (secondary N) is 2. The number of benzene rings is 4. The van der Waals surface area contributed by atoms with Crippen LogP contribution in [0.2, 0.25) is 5.15 Å². The Hall–Kier alpha value is -5.97. The molecule has 0 aliphatic carbocycles. The molecule has 0 saturated heterocycles. The molecule has 0 aliphatic heterocycles. The lowest BCUT2D eigenvalue weighted by Crippen LogP contribution is -2.07. The zero-order valence-electron chi connectivity index (χ0n) is 31.2. The van der Waals surface area contributed by atoms with E-state index < -0.39 is 0 Å². The molecule has 0 spiro atoms. The monoisotopic (exact) mass is 813 g/mol. The van der Waals surface area contributed by atoms with Gasteiger partial charge in [-0.05, 0) is 116 Å². The van der Waals surface area contributed by atoms with Gasteiger partial charge in [-0.3, -0.25) is 9.59 Å². The first-order valence-electron chi connectivity index (χ1n) is 17.4. The Balaban J connectivity index is 0.000000142. The molecule has 2 amide bonds. The van der Waals surface area contributed by atoms with E-state index in [2.05, 4.69) is 70.8 Å². The van der Waals surface area contributed by atoms with Crippen molar-refractivity contribution in [2.75, 3.05) is 16.4 Å². The summed E-state index contributed by atoms with van der Waals surface area (Å²) in [4.78, 5) is 38.9. The van der Waals surface area contributed by atoms with Crippen LogP contribution in [0, 0.1) is 20.8 Å². The number of nitrogens with zero attached hydrogens (tertiary/aromatic N) is 4. The molecule has 4 heterocycles. The summed E-state index contributed by atoms with van der Waals surface area (Å²) in [5.41, 5.74) is 14.0. The van der Waals surface area contributed by atoms with Gasteiger partial charge in [0.1, 0.15) is 22.6 Å². The third-order valence-corrected chi connectivity index (χ3v) is 8.91. The van der Waals surface area contributed by atoms with E-state index in [9.17, 15) is 9.59 Å². The fourth-order valence-corrected chi connectivity index (χ4v) is 5.92. The molecule has 4 aromatic carbocycles. The van der Waals surface area contributed by atoms with Crippen molar-refractivity contribution < 1.29 is 9.59 Å². The van der Waals surface area contributed by atoms with Crippen molar-refractivity contribution in [3.05, 3.63) is 149 Å². The number of hydrogen-bond acceptors (Lipinski definition) is 7. The summed E-state index contributed by atoms with van der Waals surface area (Å²) in [5.74, 6) is 1.55. The van der Waals surface area contributed by atoms with Gasteiger partial charge in [-0.1, -0.05) is 76.1 Å². The molecular formula is C44H41BrClN7O2. The maximum atomic E-state index is 10.9. The molecule has 4 aromatic heterocycles. The molecule has 0 unspecified atom stereocenters. The first kappa shape index (κ1) is 40.2. The second-order valence-corrected chi connectivity index (χ2v) is 13.8. The van der Waals surface area contributed by atoms with Crippen LogP contribution < -0.4 is 16.4 Å². The van der Waals surface area contributed by atoms with Crippen molar-refractivity contribution in [3.8, 4) is 0 Å². The second kappa shape index (κ2) is 18.9. The molecule has 11 heteroatoms. The lowest BCUT2D eigenvalue weighted by Gasteiger charge is -2.04. The van der Waals surface area contributed by atoms with E-state index in [0.717, 1.165) is 54.5 Å². The number of hydrogen-bond donors (Lipinski definition) is 3. The van der Waals surface area contributed by atoms with E-state index in [4.69, 9.17) is 17.3 Å². The minimum atomic E-state index is -0.108. The number of pyridine rings is 4. The minimum Gasteiger partial charge on any atom is -0.384 e. The molecule has 278 valence electrons. The molecule has 8 aromatic rings. The van der Waals surface area contributed by atoms with Crippen LogP contribution in [0.25, 0.3) is 43.6 Å². The Morgan fingerprint density at radius 1 is 0.545 bits per heavy atom. The van der Waals surface area contributed by atoms with E-state index in [1.807, 2.05) is 99.6 Å². The highest BCUT2D eigenvalue weighted by Crippen LogP contribution is 2.20. The highest BCUT2D eigenvalue weighted by Gasteiger charge is 2.02. The number of amides is 2. The standard InChI is InChI=1S/C12H11BrN2O.C12H12N2O.C10H8ClN.C10H10N2/c1-8(16)14-12-5-4-10-3-2-9(7-13)6-11(10)15-12;1-8-3-4-10-5-6-12(13-9(2)15)14-11(10)7-8;2*1-7-2-3-8-4-5-10(11)12-9(8)6-7/h2-6H,7H2,1H3,(H,14,15,16);3-7H,1-2H3,(H,13,14,15);2-6H,1H3;2-6H,1H3,(H2,11,12).